The number of esters is 1. The third-order valence-electron chi connectivity index (χ3n) is 4.18. The minimum atomic E-state index is -3.65. The van der Waals surface area contributed by atoms with Crippen LogP contribution in [0.4, 0.5) is 0 Å². The number of carbonyl (C=O) groups excluding carboxylic acids is 1. The van der Waals surface area contributed by atoms with Gasteiger partial charge >= 0.3 is 5.97 Å². The van der Waals surface area contributed by atoms with Gasteiger partial charge in [0.15, 0.2) is 0 Å². The molecule has 0 amide bonds. The van der Waals surface area contributed by atoms with Crippen molar-refractivity contribution in [3.05, 3.63) is 53.6 Å². The van der Waals surface area contributed by atoms with E-state index in [1.54, 1.807) is 19.1 Å². The van der Waals surface area contributed by atoms with Gasteiger partial charge in [0, 0.05) is 11.2 Å². The zero-order chi connectivity index (χ0) is 19.6. The highest BCUT2D eigenvalue weighted by molar-refractivity contribution is 7.91. The van der Waals surface area contributed by atoms with Crippen LogP contribution in [0.3, 0.4) is 0 Å². The second kappa shape index (κ2) is 7.77. The molecule has 8 heteroatoms. The van der Waals surface area contributed by atoms with Crippen molar-refractivity contribution in [2.45, 2.75) is 11.1 Å². The summed E-state index contributed by atoms with van der Waals surface area (Å²) < 4.78 is 33.0. The van der Waals surface area contributed by atoms with Gasteiger partial charge in [0.25, 0.3) is 0 Å². The molecular formula is C19H19NO5S2. The number of benzene rings is 2. The van der Waals surface area contributed by atoms with Gasteiger partial charge in [-0.25, -0.2) is 17.9 Å². The maximum Gasteiger partial charge on any atom is 0.337 e. The minimum Gasteiger partial charge on any atom is -0.465 e. The number of thiophene rings is 1. The predicted octanol–water partition coefficient (Wildman–Crippen LogP) is 2.93. The smallest absolute Gasteiger partial charge is 0.337 e. The van der Waals surface area contributed by atoms with Crippen molar-refractivity contribution in [2.75, 3.05) is 20.3 Å². The maximum atomic E-state index is 12.4. The molecule has 0 fully saturated rings. The van der Waals surface area contributed by atoms with Crippen LogP contribution in [0.25, 0.3) is 21.2 Å². The monoisotopic (exact) mass is 405 g/mol. The summed E-state index contributed by atoms with van der Waals surface area (Å²) in [4.78, 5) is 11.6. The third-order valence-corrected chi connectivity index (χ3v) is 7.53. The summed E-state index contributed by atoms with van der Waals surface area (Å²) in [5.74, 6) is -0.393. The van der Waals surface area contributed by atoms with E-state index in [1.165, 1.54) is 18.4 Å². The minimum absolute atomic E-state index is 0.0200. The van der Waals surface area contributed by atoms with Gasteiger partial charge in [-0.1, -0.05) is 18.2 Å². The first kappa shape index (κ1) is 19.5. The van der Waals surface area contributed by atoms with Crippen molar-refractivity contribution in [3.8, 4) is 11.1 Å². The second-order valence-corrected chi connectivity index (χ2v) is 8.93. The molecule has 3 aromatic rings. The van der Waals surface area contributed by atoms with Crippen molar-refractivity contribution in [1.29, 1.82) is 0 Å². The first-order valence-corrected chi connectivity index (χ1v) is 10.5. The lowest BCUT2D eigenvalue weighted by Gasteiger charge is -2.05. The lowest BCUT2D eigenvalue weighted by molar-refractivity contribution is 0.0600. The first-order chi connectivity index (χ1) is 12.9. The summed E-state index contributed by atoms with van der Waals surface area (Å²) in [6.07, 6.45) is 0. The topological polar surface area (TPSA) is 92.7 Å². The van der Waals surface area contributed by atoms with E-state index in [0.717, 1.165) is 21.2 Å². The summed E-state index contributed by atoms with van der Waals surface area (Å²) in [6, 6.07) is 12.8. The Morgan fingerprint density at radius 1 is 1.15 bits per heavy atom. The number of sulfonamides is 1. The molecule has 142 valence electrons. The Labute approximate surface area is 161 Å². The predicted molar refractivity (Wildman–Crippen MR) is 106 cm³/mol. The molecule has 6 nitrogen and oxygen atoms in total. The molecule has 1 heterocycles. The SMILES string of the molecule is COC(=O)c1ccc(-c2ccc3sc(S(=O)(=O)NCCO)c(C)c3c2)cc1. The molecule has 0 bridgehead atoms. The molecule has 2 aromatic carbocycles. The Bertz CT molecular complexity index is 1090. The second-order valence-electron chi connectivity index (χ2n) is 5.92. The summed E-state index contributed by atoms with van der Waals surface area (Å²) >= 11 is 1.20. The van der Waals surface area contributed by atoms with Crippen LogP contribution in [-0.2, 0) is 14.8 Å². The molecule has 3 rings (SSSR count). The lowest BCUT2D eigenvalue weighted by atomic mass is 10.0. The van der Waals surface area contributed by atoms with Crippen LogP contribution in [0.2, 0.25) is 0 Å². The van der Waals surface area contributed by atoms with Crippen LogP contribution in [0.15, 0.2) is 46.7 Å². The van der Waals surface area contributed by atoms with Gasteiger partial charge in [-0.3, -0.25) is 0 Å². The van der Waals surface area contributed by atoms with E-state index in [0.29, 0.717) is 11.1 Å². The van der Waals surface area contributed by atoms with E-state index in [1.807, 2.05) is 30.3 Å². The zero-order valence-corrected chi connectivity index (χ0v) is 16.5. The van der Waals surface area contributed by atoms with Crippen LogP contribution in [0.1, 0.15) is 15.9 Å². The number of hydrogen-bond donors (Lipinski definition) is 2. The molecule has 2 N–H and O–H groups in total. The molecule has 0 saturated heterocycles. The van der Waals surface area contributed by atoms with E-state index in [2.05, 4.69) is 4.72 Å². The molecule has 0 unspecified atom stereocenters. The number of nitrogens with one attached hydrogen (secondary N) is 1. The molecule has 27 heavy (non-hydrogen) atoms. The fraction of sp³-hybridized carbons (Fsp3) is 0.211. The van der Waals surface area contributed by atoms with E-state index in [4.69, 9.17) is 9.84 Å². The normalized spacial score (nSPS) is 11.7. The summed E-state index contributed by atoms with van der Waals surface area (Å²) in [7, 11) is -2.32. The maximum absolute atomic E-state index is 12.4. The standard InChI is InChI=1S/C19H19NO5S2/c1-12-16-11-15(13-3-5-14(6-4-13)18(22)25-2)7-8-17(16)26-19(12)27(23,24)20-9-10-21/h3-8,11,20-21H,9-10H2,1-2H3. The van der Waals surface area contributed by atoms with Gasteiger partial charge in [-0.15, -0.1) is 11.3 Å². The molecule has 0 aliphatic rings. The Morgan fingerprint density at radius 3 is 2.44 bits per heavy atom. The van der Waals surface area contributed by atoms with Gasteiger partial charge in [-0.05, 0) is 53.3 Å². The summed E-state index contributed by atoms with van der Waals surface area (Å²) in [5.41, 5.74) is 2.98. The van der Waals surface area contributed by atoms with Crippen molar-refractivity contribution >= 4 is 37.4 Å². The number of rotatable bonds is 6. The molecule has 0 spiro atoms. The number of aryl methyl sites for hydroxylation is 1. The Morgan fingerprint density at radius 2 is 1.81 bits per heavy atom. The van der Waals surface area contributed by atoms with Crippen LogP contribution < -0.4 is 4.72 Å². The number of fused-ring (bicyclic) bond motifs is 1. The van der Waals surface area contributed by atoms with Gasteiger partial charge in [0.1, 0.15) is 4.21 Å². The van der Waals surface area contributed by atoms with Crippen LogP contribution in [0.5, 0.6) is 0 Å². The molecule has 0 saturated carbocycles. The number of aliphatic hydroxyl groups is 1. The van der Waals surface area contributed by atoms with Crippen molar-refractivity contribution in [3.63, 3.8) is 0 Å². The first-order valence-electron chi connectivity index (χ1n) is 8.20. The fourth-order valence-electron chi connectivity index (χ4n) is 2.80. The van der Waals surface area contributed by atoms with E-state index < -0.39 is 16.0 Å². The number of methoxy groups -OCH3 is 1. The van der Waals surface area contributed by atoms with E-state index >= 15 is 0 Å². The molecule has 1 aromatic heterocycles. The number of carbonyl (C=O) groups is 1. The van der Waals surface area contributed by atoms with Crippen molar-refractivity contribution in [2.24, 2.45) is 0 Å². The highest BCUT2D eigenvalue weighted by Gasteiger charge is 2.21. The average Bonchev–Trinajstić information content (AvgIpc) is 3.03. The largest absolute Gasteiger partial charge is 0.465 e. The zero-order valence-electron chi connectivity index (χ0n) is 14.9. The quantitative estimate of drug-likeness (QED) is 0.615. The number of aliphatic hydroxyl groups excluding tert-OH is 1. The van der Waals surface area contributed by atoms with Gasteiger partial charge in [0.2, 0.25) is 10.0 Å². The summed E-state index contributed by atoms with van der Waals surface area (Å²) in [5, 5.41) is 9.73. The van der Waals surface area contributed by atoms with Crippen LogP contribution >= 0.6 is 11.3 Å². The highest BCUT2D eigenvalue weighted by Crippen LogP contribution is 2.36. The molecule has 0 aliphatic heterocycles. The summed E-state index contributed by atoms with van der Waals surface area (Å²) in [6.45, 7) is 1.50. The van der Waals surface area contributed by atoms with Gasteiger partial charge < -0.3 is 9.84 Å². The molecular weight excluding hydrogens is 386 g/mol. The Hall–Kier alpha value is -2.26. The number of ether oxygens (including phenoxy) is 1. The fourth-order valence-corrected chi connectivity index (χ4v) is 5.61. The third kappa shape index (κ3) is 3.89. The molecule has 0 radical (unpaired) electrons. The van der Waals surface area contributed by atoms with Crippen LogP contribution in [0, 0.1) is 6.92 Å². The lowest BCUT2D eigenvalue weighted by Crippen LogP contribution is -2.26. The van der Waals surface area contributed by atoms with E-state index in [9.17, 15) is 13.2 Å². The van der Waals surface area contributed by atoms with E-state index in [-0.39, 0.29) is 17.4 Å². The Kier molecular flexibility index (Phi) is 5.61. The van der Waals surface area contributed by atoms with Crippen molar-refractivity contribution < 1.29 is 23.1 Å². The van der Waals surface area contributed by atoms with Gasteiger partial charge in [-0.2, -0.15) is 0 Å². The van der Waals surface area contributed by atoms with Crippen molar-refractivity contribution in [1.82, 2.24) is 4.72 Å². The van der Waals surface area contributed by atoms with Gasteiger partial charge in [0.05, 0.1) is 19.3 Å². The average molecular weight is 405 g/mol. The van der Waals surface area contributed by atoms with Crippen LogP contribution in [-0.4, -0.2) is 39.8 Å². The highest BCUT2D eigenvalue weighted by atomic mass is 32.2. The number of hydrogen-bond acceptors (Lipinski definition) is 6. The molecule has 0 aliphatic carbocycles. The Balaban J connectivity index is 2.01. The molecule has 0 atom stereocenters.